The van der Waals surface area contributed by atoms with Crippen LogP contribution in [0.5, 0.6) is 0 Å². The minimum Gasteiger partial charge on any atom is -0.313 e. The highest BCUT2D eigenvalue weighted by Crippen LogP contribution is 2.44. The van der Waals surface area contributed by atoms with Crippen LogP contribution in [0.1, 0.15) is 28.3 Å². The third-order valence-corrected chi connectivity index (χ3v) is 6.45. The van der Waals surface area contributed by atoms with Gasteiger partial charge < -0.3 is 5.32 Å². The van der Waals surface area contributed by atoms with Crippen LogP contribution in [0.25, 0.3) is 0 Å². The summed E-state index contributed by atoms with van der Waals surface area (Å²) in [6.07, 6.45) is 0. The van der Waals surface area contributed by atoms with Gasteiger partial charge in [-0.05, 0) is 22.3 Å². The third-order valence-electron chi connectivity index (χ3n) is 6.45. The van der Waals surface area contributed by atoms with Crippen LogP contribution in [-0.2, 0) is 5.54 Å². The standard InChI is InChI=1S/C29H28N2/c1-5-13-24(14-6-1)28(25-15-7-2-8-16-25)31-22-21-30-23-29(31,26-17-9-3-10-18-26)27-19-11-4-12-20-27/h1-20,28,30H,21-23H2. The summed E-state index contributed by atoms with van der Waals surface area (Å²) in [6, 6.07) is 44.0. The Morgan fingerprint density at radius 2 is 1.00 bits per heavy atom. The van der Waals surface area contributed by atoms with Crippen molar-refractivity contribution in [3.8, 4) is 0 Å². The third kappa shape index (κ3) is 3.69. The van der Waals surface area contributed by atoms with E-state index in [0.717, 1.165) is 19.6 Å². The van der Waals surface area contributed by atoms with Crippen LogP contribution >= 0.6 is 0 Å². The molecular weight excluding hydrogens is 376 g/mol. The van der Waals surface area contributed by atoms with Gasteiger partial charge in [-0.2, -0.15) is 0 Å². The first-order valence-electron chi connectivity index (χ1n) is 11.1. The van der Waals surface area contributed by atoms with Crippen LogP contribution < -0.4 is 5.32 Å². The summed E-state index contributed by atoms with van der Waals surface area (Å²) in [5.74, 6) is 0. The Bertz CT molecular complexity index is 1000. The summed E-state index contributed by atoms with van der Waals surface area (Å²) < 4.78 is 0. The van der Waals surface area contributed by atoms with E-state index in [0.29, 0.717) is 0 Å². The second kappa shape index (κ2) is 8.89. The number of hydrogen-bond acceptors (Lipinski definition) is 2. The number of piperazine rings is 1. The molecule has 0 saturated carbocycles. The van der Waals surface area contributed by atoms with E-state index in [1.807, 2.05) is 0 Å². The SMILES string of the molecule is c1ccc(C(c2ccccc2)N2CCNCC2(c2ccccc2)c2ccccc2)cc1. The predicted molar refractivity (Wildman–Crippen MR) is 128 cm³/mol. The highest BCUT2D eigenvalue weighted by molar-refractivity contribution is 5.43. The first-order chi connectivity index (χ1) is 15.4. The largest absolute Gasteiger partial charge is 0.313 e. The summed E-state index contributed by atoms with van der Waals surface area (Å²) in [4.78, 5) is 2.71. The summed E-state index contributed by atoms with van der Waals surface area (Å²) >= 11 is 0. The van der Waals surface area contributed by atoms with Gasteiger partial charge in [0.25, 0.3) is 0 Å². The fourth-order valence-corrected chi connectivity index (χ4v) is 5.06. The number of rotatable bonds is 5. The Balaban J connectivity index is 1.75. The first-order valence-corrected chi connectivity index (χ1v) is 11.1. The monoisotopic (exact) mass is 404 g/mol. The molecule has 0 aliphatic carbocycles. The molecule has 1 N–H and O–H groups in total. The number of nitrogens with zero attached hydrogens (tertiary/aromatic N) is 1. The van der Waals surface area contributed by atoms with Crippen molar-refractivity contribution in [3.05, 3.63) is 144 Å². The van der Waals surface area contributed by atoms with Crippen LogP contribution in [0.4, 0.5) is 0 Å². The summed E-state index contributed by atoms with van der Waals surface area (Å²) in [5.41, 5.74) is 5.03. The summed E-state index contributed by atoms with van der Waals surface area (Å²) in [6.45, 7) is 2.80. The van der Waals surface area contributed by atoms with Crippen molar-refractivity contribution >= 4 is 0 Å². The Hall–Kier alpha value is -3.20. The van der Waals surface area contributed by atoms with Gasteiger partial charge >= 0.3 is 0 Å². The average Bonchev–Trinajstić information content (AvgIpc) is 2.87. The molecule has 154 valence electrons. The van der Waals surface area contributed by atoms with Gasteiger partial charge in [-0.15, -0.1) is 0 Å². The zero-order valence-corrected chi connectivity index (χ0v) is 17.7. The molecule has 2 nitrogen and oxygen atoms in total. The molecule has 0 spiro atoms. The maximum atomic E-state index is 3.72. The maximum absolute atomic E-state index is 3.72. The molecule has 1 heterocycles. The second-order valence-electron chi connectivity index (χ2n) is 8.19. The van der Waals surface area contributed by atoms with Gasteiger partial charge in [0.2, 0.25) is 0 Å². The normalized spacial score (nSPS) is 16.3. The van der Waals surface area contributed by atoms with Crippen LogP contribution in [0, 0.1) is 0 Å². The van der Waals surface area contributed by atoms with Crippen LogP contribution in [-0.4, -0.2) is 24.5 Å². The molecule has 0 unspecified atom stereocenters. The van der Waals surface area contributed by atoms with Crippen LogP contribution in [0.2, 0.25) is 0 Å². The lowest BCUT2D eigenvalue weighted by Crippen LogP contribution is -2.60. The minimum absolute atomic E-state index is 0.157. The van der Waals surface area contributed by atoms with Gasteiger partial charge in [-0.3, -0.25) is 4.90 Å². The molecule has 1 fully saturated rings. The maximum Gasteiger partial charge on any atom is 0.0850 e. The first kappa shape index (κ1) is 19.7. The highest BCUT2D eigenvalue weighted by Gasteiger charge is 2.45. The molecule has 0 radical (unpaired) electrons. The molecule has 0 amide bonds. The molecule has 1 saturated heterocycles. The fourth-order valence-electron chi connectivity index (χ4n) is 5.06. The molecule has 4 aromatic carbocycles. The van der Waals surface area contributed by atoms with Gasteiger partial charge in [0.1, 0.15) is 0 Å². The molecule has 1 aliphatic rings. The number of nitrogens with one attached hydrogen (secondary N) is 1. The lowest BCUT2D eigenvalue weighted by Gasteiger charge is -2.52. The van der Waals surface area contributed by atoms with E-state index in [9.17, 15) is 0 Å². The fraction of sp³-hybridized carbons (Fsp3) is 0.172. The molecular formula is C29H28N2. The van der Waals surface area contributed by atoms with Crippen molar-refractivity contribution in [2.45, 2.75) is 11.6 Å². The smallest absolute Gasteiger partial charge is 0.0850 e. The van der Waals surface area contributed by atoms with Gasteiger partial charge in [0.15, 0.2) is 0 Å². The average molecular weight is 405 g/mol. The van der Waals surface area contributed by atoms with Crippen LogP contribution in [0.15, 0.2) is 121 Å². The minimum atomic E-state index is -0.267. The van der Waals surface area contributed by atoms with Gasteiger partial charge in [0, 0.05) is 19.6 Å². The van der Waals surface area contributed by atoms with Crippen LogP contribution in [0.3, 0.4) is 0 Å². The molecule has 0 atom stereocenters. The van der Waals surface area contributed by atoms with E-state index in [1.54, 1.807) is 0 Å². The molecule has 0 aromatic heterocycles. The Labute approximate surface area is 185 Å². The highest BCUT2D eigenvalue weighted by atomic mass is 15.3. The van der Waals surface area contributed by atoms with E-state index >= 15 is 0 Å². The number of hydrogen-bond donors (Lipinski definition) is 1. The zero-order valence-electron chi connectivity index (χ0n) is 17.7. The Morgan fingerprint density at radius 1 is 0.581 bits per heavy atom. The second-order valence-corrected chi connectivity index (χ2v) is 8.19. The zero-order chi connectivity index (χ0) is 20.9. The lowest BCUT2D eigenvalue weighted by molar-refractivity contribution is 0.0600. The van der Waals surface area contributed by atoms with Gasteiger partial charge in [-0.1, -0.05) is 121 Å². The van der Waals surface area contributed by atoms with Crippen molar-refractivity contribution in [2.75, 3.05) is 19.6 Å². The van der Waals surface area contributed by atoms with Gasteiger partial charge in [0.05, 0.1) is 11.6 Å². The van der Waals surface area contributed by atoms with E-state index in [4.69, 9.17) is 0 Å². The summed E-state index contributed by atoms with van der Waals surface area (Å²) in [7, 11) is 0. The van der Waals surface area contributed by atoms with Crippen molar-refractivity contribution in [2.24, 2.45) is 0 Å². The molecule has 4 aromatic rings. The Kier molecular flexibility index (Phi) is 5.66. The predicted octanol–water partition coefficient (Wildman–Crippen LogP) is 5.63. The van der Waals surface area contributed by atoms with E-state index in [2.05, 4.69) is 132 Å². The Morgan fingerprint density at radius 3 is 1.45 bits per heavy atom. The molecule has 5 rings (SSSR count). The lowest BCUT2D eigenvalue weighted by atomic mass is 9.77. The molecule has 2 heteroatoms. The molecule has 1 aliphatic heterocycles. The van der Waals surface area contributed by atoms with Crippen molar-refractivity contribution in [1.29, 1.82) is 0 Å². The van der Waals surface area contributed by atoms with Crippen molar-refractivity contribution < 1.29 is 0 Å². The van der Waals surface area contributed by atoms with E-state index in [-0.39, 0.29) is 11.6 Å². The molecule has 31 heavy (non-hydrogen) atoms. The quantitative estimate of drug-likeness (QED) is 0.464. The van der Waals surface area contributed by atoms with Crippen molar-refractivity contribution in [1.82, 2.24) is 10.2 Å². The van der Waals surface area contributed by atoms with E-state index in [1.165, 1.54) is 22.3 Å². The molecule has 0 bridgehead atoms. The topological polar surface area (TPSA) is 15.3 Å². The van der Waals surface area contributed by atoms with Crippen molar-refractivity contribution in [3.63, 3.8) is 0 Å². The number of benzene rings is 4. The summed E-state index contributed by atoms with van der Waals surface area (Å²) in [5, 5.41) is 3.72. The van der Waals surface area contributed by atoms with Gasteiger partial charge in [-0.25, -0.2) is 0 Å². The van der Waals surface area contributed by atoms with E-state index < -0.39 is 0 Å².